The van der Waals surface area contributed by atoms with Crippen LogP contribution in [-0.4, -0.2) is 19.9 Å². The molecular weight excluding hydrogens is 339 g/mol. The van der Waals surface area contributed by atoms with Crippen LogP contribution in [0.4, 0.5) is 5.69 Å². The van der Waals surface area contributed by atoms with Crippen molar-refractivity contribution in [1.29, 1.82) is 0 Å². The highest BCUT2D eigenvalue weighted by atomic mass is 79.9. The Hall–Kier alpha value is -1.80. The monoisotopic (exact) mass is 344 g/mol. The third kappa shape index (κ3) is 3.15. The molecule has 2 heterocycles. The minimum Gasteiger partial charge on any atom is -0.432 e. The highest BCUT2D eigenvalue weighted by Crippen LogP contribution is 2.32. The van der Waals surface area contributed by atoms with Crippen LogP contribution in [0.15, 0.2) is 22.9 Å². The minimum atomic E-state index is -0.619. The molecule has 0 unspecified atom stereocenters. The Bertz CT molecular complexity index is 653. The summed E-state index contributed by atoms with van der Waals surface area (Å²) in [7, 11) is 0. The van der Waals surface area contributed by atoms with E-state index in [0.717, 1.165) is 0 Å². The number of hydrogen-bond acceptors (Lipinski definition) is 6. The summed E-state index contributed by atoms with van der Waals surface area (Å²) in [6.45, 7) is 1.46. The average molecular weight is 346 g/mol. The van der Waals surface area contributed by atoms with Crippen molar-refractivity contribution in [2.24, 2.45) is 0 Å². The maximum atomic E-state index is 11.0. The van der Waals surface area contributed by atoms with E-state index in [1.165, 1.54) is 13.1 Å². The molecule has 9 heteroatoms. The number of rotatable bonds is 3. The Morgan fingerprint density at radius 3 is 2.79 bits per heavy atom. The minimum absolute atomic E-state index is 0.124. The van der Waals surface area contributed by atoms with Gasteiger partial charge in [0.15, 0.2) is 0 Å². The van der Waals surface area contributed by atoms with E-state index in [9.17, 15) is 10.1 Å². The van der Waals surface area contributed by atoms with Gasteiger partial charge in [0.2, 0.25) is 5.28 Å². The third-order valence-corrected chi connectivity index (χ3v) is 2.68. The number of aryl methyl sites for hydroxylation is 1. The lowest BCUT2D eigenvalue weighted by molar-refractivity contribution is -0.386. The summed E-state index contributed by atoms with van der Waals surface area (Å²) in [6, 6.07) is 1.60. The van der Waals surface area contributed by atoms with Crippen molar-refractivity contribution in [3.63, 3.8) is 0 Å². The van der Waals surface area contributed by atoms with Crippen molar-refractivity contribution >= 4 is 33.2 Å². The van der Waals surface area contributed by atoms with Crippen LogP contribution in [0.2, 0.25) is 5.28 Å². The summed E-state index contributed by atoms with van der Waals surface area (Å²) >= 11 is 8.89. The lowest BCUT2D eigenvalue weighted by atomic mass is 10.3. The molecule has 0 atom stereocenters. The van der Waals surface area contributed by atoms with Gasteiger partial charge in [0.25, 0.3) is 0 Å². The zero-order chi connectivity index (χ0) is 14.0. The van der Waals surface area contributed by atoms with E-state index in [4.69, 9.17) is 16.3 Å². The molecule has 0 aliphatic rings. The van der Waals surface area contributed by atoms with Gasteiger partial charge >= 0.3 is 11.6 Å². The Labute approximate surface area is 120 Å². The summed E-state index contributed by atoms with van der Waals surface area (Å²) in [5.74, 6) is 0.0778. The van der Waals surface area contributed by atoms with Gasteiger partial charge in [-0.2, -0.15) is 4.98 Å². The molecule has 0 spiro atoms. The number of aromatic nitrogens is 3. The molecule has 0 aromatic carbocycles. The Morgan fingerprint density at radius 1 is 1.42 bits per heavy atom. The van der Waals surface area contributed by atoms with Crippen LogP contribution in [0.25, 0.3) is 0 Å². The van der Waals surface area contributed by atoms with Crippen LogP contribution < -0.4 is 4.74 Å². The third-order valence-electron chi connectivity index (χ3n) is 2.08. The quantitative estimate of drug-likeness (QED) is 0.481. The number of nitro groups is 1. The van der Waals surface area contributed by atoms with E-state index >= 15 is 0 Å². The molecule has 0 saturated carbocycles. The first kappa shape index (κ1) is 13.6. The highest BCUT2D eigenvalue weighted by Gasteiger charge is 2.23. The van der Waals surface area contributed by atoms with Gasteiger partial charge < -0.3 is 4.74 Å². The molecule has 0 N–H and O–H groups in total. The second kappa shape index (κ2) is 5.45. The van der Waals surface area contributed by atoms with E-state index < -0.39 is 4.92 Å². The first-order valence-electron chi connectivity index (χ1n) is 4.94. The molecule has 0 saturated heterocycles. The number of hydrogen-bond donors (Lipinski definition) is 0. The highest BCUT2D eigenvalue weighted by molar-refractivity contribution is 9.10. The van der Waals surface area contributed by atoms with Gasteiger partial charge in [-0.1, -0.05) is 0 Å². The molecule has 2 aromatic heterocycles. The largest absolute Gasteiger partial charge is 0.432 e. The first-order chi connectivity index (χ1) is 8.97. The van der Waals surface area contributed by atoms with Gasteiger partial charge in [0.05, 0.1) is 11.1 Å². The van der Waals surface area contributed by atoms with E-state index in [1.54, 1.807) is 12.3 Å². The predicted molar refractivity (Wildman–Crippen MR) is 70.4 cm³/mol. The van der Waals surface area contributed by atoms with Crippen LogP contribution in [0.5, 0.6) is 11.6 Å². The standard InChI is InChI=1S/C10H6BrClN4O3/c1-5-8(16(17)18)9(15-10(12)14-5)19-7-2-6(11)3-13-4-7/h2-4H,1H3. The summed E-state index contributed by atoms with van der Waals surface area (Å²) < 4.78 is 6.01. The fraction of sp³-hybridized carbons (Fsp3) is 0.100. The number of pyridine rings is 1. The Kier molecular flexibility index (Phi) is 3.91. The van der Waals surface area contributed by atoms with Gasteiger partial charge in [-0.05, 0) is 40.5 Å². The molecular formula is C10H6BrClN4O3. The second-order valence-corrected chi connectivity index (χ2v) is 4.68. The van der Waals surface area contributed by atoms with Gasteiger partial charge in [0.1, 0.15) is 11.4 Å². The van der Waals surface area contributed by atoms with Crippen LogP contribution >= 0.6 is 27.5 Å². The van der Waals surface area contributed by atoms with Crippen LogP contribution in [0.3, 0.4) is 0 Å². The molecule has 0 radical (unpaired) electrons. The van der Waals surface area contributed by atoms with Gasteiger partial charge in [-0.15, -0.1) is 0 Å². The van der Waals surface area contributed by atoms with Crippen molar-refractivity contribution in [1.82, 2.24) is 15.0 Å². The summed E-state index contributed by atoms with van der Waals surface area (Å²) in [4.78, 5) is 21.7. The van der Waals surface area contributed by atoms with Crippen LogP contribution in [0.1, 0.15) is 5.69 Å². The second-order valence-electron chi connectivity index (χ2n) is 3.43. The van der Waals surface area contributed by atoms with Crippen molar-refractivity contribution in [3.8, 4) is 11.6 Å². The lowest BCUT2D eigenvalue weighted by Crippen LogP contribution is -2.01. The molecule has 0 bridgehead atoms. The molecule has 7 nitrogen and oxygen atoms in total. The maximum Gasteiger partial charge on any atom is 0.352 e. The van der Waals surface area contributed by atoms with E-state index in [-0.39, 0.29) is 22.5 Å². The van der Waals surface area contributed by atoms with Crippen molar-refractivity contribution in [3.05, 3.63) is 44.0 Å². The molecule has 0 aliphatic heterocycles. The van der Waals surface area contributed by atoms with E-state index in [1.807, 2.05) is 0 Å². The van der Waals surface area contributed by atoms with E-state index in [0.29, 0.717) is 10.2 Å². The number of halogens is 2. The van der Waals surface area contributed by atoms with Gasteiger partial charge in [0, 0.05) is 10.7 Å². The molecule has 0 amide bonds. The van der Waals surface area contributed by atoms with E-state index in [2.05, 4.69) is 30.9 Å². The molecule has 0 aliphatic carbocycles. The molecule has 2 aromatic rings. The summed E-state index contributed by atoms with van der Waals surface area (Å²) in [6.07, 6.45) is 2.96. The Balaban J connectivity index is 2.47. The fourth-order valence-electron chi connectivity index (χ4n) is 1.35. The zero-order valence-electron chi connectivity index (χ0n) is 9.50. The molecule has 19 heavy (non-hydrogen) atoms. The molecule has 2 rings (SSSR count). The normalized spacial score (nSPS) is 10.3. The van der Waals surface area contributed by atoms with Crippen LogP contribution in [-0.2, 0) is 0 Å². The lowest BCUT2D eigenvalue weighted by Gasteiger charge is -2.06. The maximum absolute atomic E-state index is 11.0. The molecule has 0 fully saturated rings. The number of ether oxygens (including phenoxy) is 1. The zero-order valence-corrected chi connectivity index (χ0v) is 11.8. The molecule has 98 valence electrons. The first-order valence-corrected chi connectivity index (χ1v) is 6.11. The number of nitrogens with zero attached hydrogens (tertiary/aromatic N) is 4. The average Bonchev–Trinajstić information content (AvgIpc) is 2.26. The van der Waals surface area contributed by atoms with Crippen molar-refractivity contribution in [2.75, 3.05) is 0 Å². The van der Waals surface area contributed by atoms with Crippen molar-refractivity contribution in [2.45, 2.75) is 6.92 Å². The van der Waals surface area contributed by atoms with Gasteiger partial charge in [-0.25, -0.2) is 4.98 Å². The fourth-order valence-corrected chi connectivity index (χ4v) is 1.90. The topological polar surface area (TPSA) is 91.0 Å². The summed E-state index contributed by atoms with van der Waals surface area (Å²) in [5, 5.41) is 10.9. The predicted octanol–water partition coefficient (Wildman–Crippen LogP) is 3.30. The van der Waals surface area contributed by atoms with Crippen LogP contribution in [0, 0.1) is 17.0 Å². The SMILES string of the molecule is Cc1nc(Cl)nc(Oc2cncc(Br)c2)c1[N+](=O)[O-]. The van der Waals surface area contributed by atoms with Crippen molar-refractivity contribution < 1.29 is 9.66 Å². The summed E-state index contributed by atoms with van der Waals surface area (Å²) in [5.41, 5.74) is -0.202. The van der Waals surface area contributed by atoms with Gasteiger partial charge in [-0.3, -0.25) is 15.1 Å². The Morgan fingerprint density at radius 2 is 2.16 bits per heavy atom. The smallest absolute Gasteiger partial charge is 0.352 e.